The van der Waals surface area contributed by atoms with E-state index in [2.05, 4.69) is 20.9 Å². The van der Waals surface area contributed by atoms with Crippen molar-refractivity contribution in [1.82, 2.24) is 4.98 Å². The molecule has 0 aliphatic rings. The van der Waals surface area contributed by atoms with Crippen molar-refractivity contribution in [3.8, 4) is 0 Å². The Bertz CT molecular complexity index is 492. The Balaban J connectivity index is 3.50. The Morgan fingerprint density at radius 3 is 2.47 bits per heavy atom. The largest absolute Gasteiger partial charge is 0.281 e. The van der Waals surface area contributed by atoms with E-state index in [0.29, 0.717) is 5.56 Å². The highest BCUT2D eigenvalue weighted by Crippen LogP contribution is 2.30. The van der Waals surface area contributed by atoms with E-state index >= 15 is 0 Å². The van der Waals surface area contributed by atoms with E-state index in [1.54, 1.807) is 0 Å². The number of aromatic nitrogens is 1. The zero-order valence-electron chi connectivity index (χ0n) is 7.34. The smallest absolute Gasteiger partial charge is 0.233 e. The van der Waals surface area contributed by atoms with Crippen molar-refractivity contribution in [1.29, 1.82) is 0 Å². The Morgan fingerprint density at radius 1 is 1.53 bits per heavy atom. The molecule has 0 amide bonds. The average molecular weight is 321 g/mol. The summed E-state index contributed by atoms with van der Waals surface area (Å²) in [6, 6.07) is 1.12. The number of rotatable bonds is 2. The van der Waals surface area contributed by atoms with E-state index in [-0.39, 0.29) is 4.47 Å². The maximum atomic E-state index is 12.4. The average Bonchev–Trinajstić information content (AvgIpc) is 2.06. The molecule has 1 rings (SSSR count). The standard InChI is InChI=1S/C7H5BrClF2NO2S/c1-3-2-4(15(9,13)14)12-6(5(3)8)7(10)11/h2,7H,1H3. The predicted octanol–water partition coefficient (Wildman–Crippen LogP) is 3.02. The van der Waals surface area contributed by atoms with Crippen molar-refractivity contribution >= 4 is 35.7 Å². The summed E-state index contributed by atoms with van der Waals surface area (Å²) >= 11 is 2.90. The lowest BCUT2D eigenvalue weighted by Crippen LogP contribution is -2.02. The zero-order valence-corrected chi connectivity index (χ0v) is 10.5. The van der Waals surface area contributed by atoms with Crippen molar-refractivity contribution in [3.63, 3.8) is 0 Å². The van der Waals surface area contributed by atoms with E-state index < -0.39 is 26.2 Å². The van der Waals surface area contributed by atoms with Crippen LogP contribution in [0.1, 0.15) is 17.7 Å². The molecule has 8 heteroatoms. The molecule has 0 fully saturated rings. The quantitative estimate of drug-likeness (QED) is 0.787. The molecular formula is C7H5BrClF2NO2S. The number of halogens is 4. The van der Waals surface area contributed by atoms with Gasteiger partial charge in [0.2, 0.25) is 0 Å². The summed E-state index contributed by atoms with van der Waals surface area (Å²) in [5.74, 6) is 0. The lowest BCUT2D eigenvalue weighted by atomic mass is 10.2. The molecule has 0 radical (unpaired) electrons. The summed E-state index contributed by atoms with van der Waals surface area (Å²) in [4.78, 5) is 3.29. The molecule has 0 spiro atoms. The van der Waals surface area contributed by atoms with Gasteiger partial charge in [-0.15, -0.1) is 0 Å². The van der Waals surface area contributed by atoms with Crippen molar-refractivity contribution < 1.29 is 17.2 Å². The van der Waals surface area contributed by atoms with Gasteiger partial charge in [0.05, 0.1) is 0 Å². The predicted molar refractivity (Wildman–Crippen MR) is 54.7 cm³/mol. The SMILES string of the molecule is Cc1cc(S(=O)(=O)Cl)nc(C(F)F)c1Br. The van der Waals surface area contributed by atoms with E-state index in [9.17, 15) is 17.2 Å². The molecule has 84 valence electrons. The van der Waals surface area contributed by atoms with Gasteiger partial charge < -0.3 is 0 Å². The Kier molecular flexibility index (Phi) is 3.67. The molecule has 0 bridgehead atoms. The lowest BCUT2D eigenvalue weighted by Gasteiger charge is -2.07. The van der Waals surface area contributed by atoms with Gasteiger partial charge >= 0.3 is 0 Å². The van der Waals surface area contributed by atoms with Crippen LogP contribution in [0.4, 0.5) is 8.78 Å². The Morgan fingerprint density at radius 2 is 2.07 bits per heavy atom. The molecular weight excluding hydrogens is 316 g/mol. The first-order valence-electron chi connectivity index (χ1n) is 3.63. The second kappa shape index (κ2) is 4.31. The van der Waals surface area contributed by atoms with Gasteiger partial charge in [-0.2, -0.15) is 0 Å². The van der Waals surface area contributed by atoms with Gasteiger partial charge in [0.1, 0.15) is 5.69 Å². The summed E-state index contributed by atoms with van der Waals surface area (Å²) in [6.45, 7) is 1.48. The number of nitrogens with zero attached hydrogens (tertiary/aromatic N) is 1. The summed E-state index contributed by atoms with van der Waals surface area (Å²) in [5, 5.41) is -0.569. The van der Waals surface area contributed by atoms with E-state index in [0.717, 1.165) is 6.07 Å². The van der Waals surface area contributed by atoms with Crippen molar-refractivity contribution in [2.24, 2.45) is 0 Å². The second-order valence-corrected chi connectivity index (χ2v) is 6.02. The Labute approximate surface area is 98.0 Å². The fraction of sp³-hybridized carbons (Fsp3) is 0.286. The summed E-state index contributed by atoms with van der Waals surface area (Å²) in [6.07, 6.45) is -2.86. The maximum absolute atomic E-state index is 12.4. The minimum atomic E-state index is -4.09. The van der Waals surface area contributed by atoms with Crippen LogP contribution in [0.15, 0.2) is 15.6 Å². The molecule has 0 aromatic carbocycles. The first kappa shape index (κ1) is 12.8. The van der Waals surface area contributed by atoms with Crippen molar-refractivity contribution in [3.05, 3.63) is 21.8 Å². The van der Waals surface area contributed by atoms with Crippen LogP contribution in [0, 0.1) is 6.92 Å². The molecule has 1 aromatic heterocycles. The number of hydrogen-bond donors (Lipinski definition) is 0. The maximum Gasteiger partial charge on any atom is 0.281 e. The first-order chi connectivity index (χ1) is 6.73. The summed E-state index contributed by atoms with van der Waals surface area (Å²) in [5.41, 5.74) is -0.297. The van der Waals surface area contributed by atoms with Crippen LogP contribution in [0.5, 0.6) is 0 Å². The van der Waals surface area contributed by atoms with Crippen LogP contribution in [0.2, 0.25) is 0 Å². The molecule has 0 unspecified atom stereocenters. The van der Waals surface area contributed by atoms with Crippen molar-refractivity contribution in [2.75, 3.05) is 0 Å². The molecule has 1 heterocycles. The highest BCUT2D eigenvalue weighted by Gasteiger charge is 2.21. The lowest BCUT2D eigenvalue weighted by molar-refractivity contribution is 0.144. The molecule has 0 aliphatic carbocycles. The molecule has 1 aromatic rings. The number of hydrogen-bond acceptors (Lipinski definition) is 3. The van der Waals surface area contributed by atoms with Gasteiger partial charge in [-0.3, -0.25) is 0 Å². The fourth-order valence-corrected chi connectivity index (χ4v) is 2.06. The topological polar surface area (TPSA) is 47.0 Å². The minimum Gasteiger partial charge on any atom is -0.233 e. The minimum absolute atomic E-state index is 0.0848. The van der Waals surface area contributed by atoms with Gasteiger partial charge in [0, 0.05) is 15.2 Å². The van der Waals surface area contributed by atoms with Crippen LogP contribution >= 0.6 is 26.6 Å². The molecule has 0 aliphatic heterocycles. The van der Waals surface area contributed by atoms with Gasteiger partial charge in [0.25, 0.3) is 15.5 Å². The Hall–Kier alpha value is -0.270. The molecule has 3 nitrogen and oxygen atoms in total. The molecule has 0 N–H and O–H groups in total. The monoisotopic (exact) mass is 319 g/mol. The third-order valence-electron chi connectivity index (χ3n) is 1.60. The fourth-order valence-electron chi connectivity index (χ4n) is 0.920. The van der Waals surface area contributed by atoms with E-state index in [1.165, 1.54) is 6.92 Å². The molecule has 0 atom stereocenters. The molecule has 0 saturated heterocycles. The zero-order chi connectivity index (χ0) is 11.8. The van der Waals surface area contributed by atoms with Gasteiger partial charge in [-0.25, -0.2) is 22.2 Å². The number of aryl methyl sites for hydroxylation is 1. The third kappa shape index (κ3) is 2.85. The van der Waals surface area contributed by atoms with Crippen LogP contribution < -0.4 is 0 Å². The normalized spacial score (nSPS) is 12.1. The second-order valence-electron chi connectivity index (χ2n) is 2.72. The summed E-state index contributed by atoms with van der Waals surface area (Å²) < 4.78 is 46.8. The van der Waals surface area contributed by atoms with Crippen LogP contribution in [-0.2, 0) is 9.05 Å². The highest BCUT2D eigenvalue weighted by atomic mass is 79.9. The summed E-state index contributed by atoms with van der Waals surface area (Å²) in [7, 11) is 0.918. The molecule has 15 heavy (non-hydrogen) atoms. The highest BCUT2D eigenvalue weighted by molar-refractivity contribution is 9.10. The van der Waals surface area contributed by atoms with Crippen molar-refractivity contribution in [2.45, 2.75) is 18.4 Å². The number of alkyl halides is 2. The molecule has 0 saturated carbocycles. The van der Waals surface area contributed by atoms with Crippen LogP contribution in [-0.4, -0.2) is 13.4 Å². The number of pyridine rings is 1. The van der Waals surface area contributed by atoms with Gasteiger partial charge in [-0.05, 0) is 34.5 Å². The van der Waals surface area contributed by atoms with E-state index in [1.807, 2.05) is 0 Å². The van der Waals surface area contributed by atoms with Gasteiger partial charge in [0.15, 0.2) is 5.03 Å². The van der Waals surface area contributed by atoms with Gasteiger partial charge in [-0.1, -0.05) is 0 Å². The first-order valence-corrected chi connectivity index (χ1v) is 6.73. The van der Waals surface area contributed by atoms with Crippen LogP contribution in [0.3, 0.4) is 0 Å². The van der Waals surface area contributed by atoms with E-state index in [4.69, 9.17) is 10.7 Å². The van der Waals surface area contributed by atoms with Crippen LogP contribution in [0.25, 0.3) is 0 Å². The third-order valence-corrected chi connectivity index (χ3v) is 3.81.